The molecule has 1 fully saturated rings. The summed E-state index contributed by atoms with van der Waals surface area (Å²) in [5.41, 5.74) is 0. The molecule has 1 aromatic rings. The minimum absolute atomic E-state index is 0.762. The highest BCUT2D eigenvalue weighted by Crippen LogP contribution is 2.29. The van der Waals surface area contributed by atoms with Gasteiger partial charge in [0.2, 0.25) is 5.89 Å². The summed E-state index contributed by atoms with van der Waals surface area (Å²) in [7, 11) is 0. The van der Waals surface area contributed by atoms with Crippen LogP contribution in [0.2, 0.25) is 0 Å². The summed E-state index contributed by atoms with van der Waals surface area (Å²) in [6, 6.07) is 0. The molecule has 84 valence electrons. The molecular weight excluding hydrogens is 188 g/mol. The predicted octanol–water partition coefficient (Wildman–Crippen LogP) is 2.52. The molecule has 1 N–H and O–H groups in total. The molecule has 3 nitrogen and oxygen atoms in total. The highest BCUT2D eigenvalue weighted by molar-refractivity contribution is 4.96. The molecule has 0 spiro atoms. The molecule has 0 amide bonds. The molecule has 0 aliphatic heterocycles. The van der Waals surface area contributed by atoms with Gasteiger partial charge in [0.25, 0.3) is 0 Å². The van der Waals surface area contributed by atoms with Crippen LogP contribution in [0.25, 0.3) is 0 Å². The van der Waals surface area contributed by atoms with Gasteiger partial charge in [-0.15, -0.1) is 0 Å². The summed E-state index contributed by atoms with van der Waals surface area (Å²) in [5.74, 6) is 2.75. The summed E-state index contributed by atoms with van der Waals surface area (Å²) >= 11 is 0. The molecule has 1 heterocycles. The Bertz CT molecular complexity index is 292. The third-order valence-electron chi connectivity index (χ3n) is 3.02. The first-order valence-corrected chi connectivity index (χ1v) is 6.02. The van der Waals surface area contributed by atoms with Crippen molar-refractivity contribution in [1.29, 1.82) is 0 Å². The van der Waals surface area contributed by atoms with E-state index < -0.39 is 0 Å². The maximum absolute atomic E-state index is 5.66. The largest absolute Gasteiger partial charge is 0.444 e. The Hall–Kier alpha value is -0.830. The van der Waals surface area contributed by atoms with Crippen molar-refractivity contribution in [1.82, 2.24) is 10.3 Å². The number of nitrogens with one attached hydrogen (secondary N) is 1. The number of nitrogens with zero attached hydrogens (tertiary/aromatic N) is 1. The zero-order valence-corrected chi connectivity index (χ0v) is 9.46. The zero-order valence-electron chi connectivity index (χ0n) is 9.46. The molecule has 0 bridgehead atoms. The second-order valence-corrected chi connectivity index (χ2v) is 4.40. The third kappa shape index (κ3) is 3.06. The normalized spacial score (nSPS) is 16.6. The number of hydrogen-bond acceptors (Lipinski definition) is 3. The summed E-state index contributed by atoms with van der Waals surface area (Å²) in [6.07, 6.45) is 8.25. The number of rotatable bonds is 6. The van der Waals surface area contributed by atoms with E-state index in [-0.39, 0.29) is 0 Å². The fraction of sp³-hybridized carbons (Fsp3) is 0.750. The topological polar surface area (TPSA) is 38.1 Å². The summed E-state index contributed by atoms with van der Waals surface area (Å²) in [5, 5.41) is 3.29. The van der Waals surface area contributed by atoms with E-state index in [9.17, 15) is 0 Å². The standard InChI is InChI=1S/C12H20N2O/c1-2-6-13-9-12-14-8-11(15-12)7-10-4-3-5-10/h8,10,13H,2-7,9H2,1H3. The molecule has 0 unspecified atom stereocenters. The lowest BCUT2D eigenvalue weighted by Crippen LogP contribution is -2.14. The monoisotopic (exact) mass is 208 g/mol. The van der Waals surface area contributed by atoms with Crippen LogP contribution in [0.15, 0.2) is 10.6 Å². The second kappa shape index (κ2) is 5.31. The van der Waals surface area contributed by atoms with E-state index in [0.29, 0.717) is 0 Å². The van der Waals surface area contributed by atoms with Crippen molar-refractivity contribution in [3.05, 3.63) is 17.8 Å². The average Bonchev–Trinajstić information content (AvgIpc) is 2.60. The van der Waals surface area contributed by atoms with E-state index in [0.717, 1.165) is 43.5 Å². The first-order valence-electron chi connectivity index (χ1n) is 6.02. The van der Waals surface area contributed by atoms with Gasteiger partial charge in [-0.3, -0.25) is 0 Å². The minimum Gasteiger partial charge on any atom is -0.444 e. The van der Waals surface area contributed by atoms with Gasteiger partial charge in [0.05, 0.1) is 12.7 Å². The molecule has 0 aromatic carbocycles. The number of aromatic nitrogens is 1. The van der Waals surface area contributed by atoms with Crippen molar-refractivity contribution < 1.29 is 4.42 Å². The van der Waals surface area contributed by atoms with Crippen LogP contribution >= 0.6 is 0 Å². The van der Waals surface area contributed by atoms with Gasteiger partial charge in [0, 0.05) is 6.42 Å². The molecule has 0 saturated heterocycles. The Morgan fingerprint density at radius 1 is 1.53 bits per heavy atom. The van der Waals surface area contributed by atoms with Crippen LogP contribution in [0.3, 0.4) is 0 Å². The van der Waals surface area contributed by atoms with Gasteiger partial charge in [-0.1, -0.05) is 26.2 Å². The number of hydrogen-bond donors (Lipinski definition) is 1. The fourth-order valence-electron chi connectivity index (χ4n) is 1.88. The highest BCUT2D eigenvalue weighted by Gasteiger charge is 2.19. The first-order chi connectivity index (χ1) is 7.38. The quantitative estimate of drug-likeness (QED) is 0.730. The molecule has 1 saturated carbocycles. The molecule has 0 atom stereocenters. The van der Waals surface area contributed by atoms with Crippen molar-refractivity contribution in [2.75, 3.05) is 6.54 Å². The van der Waals surface area contributed by atoms with E-state index in [1.807, 2.05) is 6.20 Å². The Morgan fingerprint density at radius 3 is 3.07 bits per heavy atom. The molecule has 15 heavy (non-hydrogen) atoms. The van der Waals surface area contributed by atoms with E-state index in [1.165, 1.54) is 19.3 Å². The van der Waals surface area contributed by atoms with E-state index in [4.69, 9.17) is 4.42 Å². The highest BCUT2D eigenvalue weighted by atomic mass is 16.4. The molecule has 3 heteroatoms. The zero-order chi connectivity index (χ0) is 10.5. The lowest BCUT2D eigenvalue weighted by atomic mass is 9.82. The molecule has 1 aliphatic rings. The van der Waals surface area contributed by atoms with Crippen LogP contribution in [-0.2, 0) is 13.0 Å². The van der Waals surface area contributed by atoms with Gasteiger partial charge in [0.1, 0.15) is 5.76 Å². The van der Waals surface area contributed by atoms with Crippen LogP contribution in [0.5, 0.6) is 0 Å². The second-order valence-electron chi connectivity index (χ2n) is 4.40. The SMILES string of the molecule is CCCNCc1ncc(CC2CCC2)o1. The molecule has 1 aromatic heterocycles. The Kier molecular flexibility index (Phi) is 3.78. The van der Waals surface area contributed by atoms with E-state index >= 15 is 0 Å². The summed E-state index contributed by atoms with van der Waals surface area (Å²) < 4.78 is 5.66. The molecule has 0 radical (unpaired) electrons. The molecular formula is C12H20N2O. The predicted molar refractivity (Wildman–Crippen MR) is 59.5 cm³/mol. The number of oxazole rings is 1. The van der Waals surface area contributed by atoms with Crippen LogP contribution in [0, 0.1) is 5.92 Å². The average molecular weight is 208 g/mol. The molecule has 2 rings (SSSR count). The third-order valence-corrected chi connectivity index (χ3v) is 3.02. The lowest BCUT2D eigenvalue weighted by Gasteiger charge is -2.23. The lowest BCUT2D eigenvalue weighted by molar-refractivity contribution is 0.290. The fourth-order valence-corrected chi connectivity index (χ4v) is 1.88. The van der Waals surface area contributed by atoms with Crippen molar-refractivity contribution in [2.24, 2.45) is 5.92 Å². The van der Waals surface area contributed by atoms with Crippen LogP contribution < -0.4 is 5.32 Å². The first kappa shape index (κ1) is 10.7. The van der Waals surface area contributed by atoms with Crippen molar-refractivity contribution in [3.8, 4) is 0 Å². The van der Waals surface area contributed by atoms with Crippen molar-refractivity contribution in [3.63, 3.8) is 0 Å². The summed E-state index contributed by atoms with van der Waals surface area (Å²) in [4.78, 5) is 4.27. The van der Waals surface area contributed by atoms with E-state index in [2.05, 4.69) is 17.2 Å². The molecule has 1 aliphatic carbocycles. The van der Waals surface area contributed by atoms with Gasteiger partial charge in [-0.25, -0.2) is 4.98 Å². The van der Waals surface area contributed by atoms with Gasteiger partial charge >= 0.3 is 0 Å². The Labute approximate surface area is 91.3 Å². The van der Waals surface area contributed by atoms with Gasteiger partial charge in [-0.2, -0.15) is 0 Å². The maximum Gasteiger partial charge on any atom is 0.208 e. The summed E-state index contributed by atoms with van der Waals surface area (Å²) in [6.45, 7) is 3.95. The smallest absolute Gasteiger partial charge is 0.208 e. The van der Waals surface area contributed by atoms with Crippen molar-refractivity contribution >= 4 is 0 Å². The Balaban J connectivity index is 1.75. The van der Waals surface area contributed by atoms with Crippen LogP contribution in [0.1, 0.15) is 44.3 Å². The van der Waals surface area contributed by atoms with Gasteiger partial charge < -0.3 is 9.73 Å². The Morgan fingerprint density at radius 2 is 2.40 bits per heavy atom. The maximum atomic E-state index is 5.66. The van der Waals surface area contributed by atoms with Crippen molar-refractivity contribution in [2.45, 2.75) is 45.6 Å². The van der Waals surface area contributed by atoms with Gasteiger partial charge in [0.15, 0.2) is 0 Å². The van der Waals surface area contributed by atoms with E-state index in [1.54, 1.807) is 0 Å². The van der Waals surface area contributed by atoms with Crippen LogP contribution in [0.4, 0.5) is 0 Å². The van der Waals surface area contributed by atoms with Crippen LogP contribution in [-0.4, -0.2) is 11.5 Å². The van der Waals surface area contributed by atoms with Gasteiger partial charge in [-0.05, 0) is 18.9 Å². The minimum atomic E-state index is 0.762.